The molecule has 0 bridgehead atoms. The number of nitro benzene ring substituents is 1. The van der Waals surface area contributed by atoms with Gasteiger partial charge in [-0.1, -0.05) is 82.7 Å². The number of nitrogens with one attached hydrogen (secondary N) is 3. The number of nitrogen functional groups attached to an aromatic ring is 1. The van der Waals surface area contributed by atoms with Crippen molar-refractivity contribution in [2.75, 3.05) is 16.4 Å². The molecule has 5 N–H and O–H groups in total. The summed E-state index contributed by atoms with van der Waals surface area (Å²) in [6.07, 6.45) is 0. The van der Waals surface area contributed by atoms with Crippen LogP contribution in [-0.4, -0.2) is 27.0 Å². The molecule has 9 heteroatoms. The zero-order chi connectivity index (χ0) is 30.2. The fourth-order valence-electron chi connectivity index (χ4n) is 4.36. The number of halogens is 1. The lowest BCUT2D eigenvalue weighted by Gasteiger charge is -2.14. The number of hydrogen-bond donors (Lipinski definition) is 4. The number of H-pyrrole nitrogens is 1. The summed E-state index contributed by atoms with van der Waals surface area (Å²) in [5, 5.41) is 17.1. The van der Waals surface area contributed by atoms with Gasteiger partial charge in [0, 0.05) is 39.3 Å². The minimum atomic E-state index is -0.392. The van der Waals surface area contributed by atoms with E-state index in [1.54, 1.807) is 12.1 Å². The first-order valence-corrected chi connectivity index (χ1v) is 14.5. The molecule has 0 radical (unpaired) electrons. The van der Waals surface area contributed by atoms with E-state index in [1.165, 1.54) is 6.07 Å². The fraction of sp³-hybridized carbons (Fsp3) is 0.182. The zero-order valence-corrected chi connectivity index (χ0v) is 25.6. The molecule has 8 nitrogen and oxygen atoms in total. The summed E-state index contributed by atoms with van der Waals surface area (Å²) < 4.78 is 0.825. The summed E-state index contributed by atoms with van der Waals surface area (Å²) in [6.45, 7) is 8.07. The lowest BCUT2D eigenvalue weighted by atomic mass is 10.0. The fourth-order valence-corrected chi connectivity index (χ4v) is 4.72. The molecule has 0 saturated carbocycles. The van der Waals surface area contributed by atoms with E-state index < -0.39 is 4.92 Å². The maximum absolute atomic E-state index is 10.7. The van der Waals surface area contributed by atoms with Crippen molar-refractivity contribution in [3.05, 3.63) is 112 Å². The second kappa shape index (κ2) is 13.8. The summed E-state index contributed by atoms with van der Waals surface area (Å²) in [5.74, 6) is 0.852. The van der Waals surface area contributed by atoms with Gasteiger partial charge in [0.1, 0.15) is 11.5 Å². The molecule has 0 fully saturated rings. The van der Waals surface area contributed by atoms with Gasteiger partial charge in [0.2, 0.25) is 0 Å². The Hall–Kier alpha value is -4.63. The maximum atomic E-state index is 10.7. The van der Waals surface area contributed by atoms with Crippen molar-refractivity contribution in [2.24, 2.45) is 0 Å². The minimum absolute atomic E-state index is 0.0990. The Morgan fingerprint density at radius 2 is 1.38 bits per heavy atom. The van der Waals surface area contributed by atoms with Gasteiger partial charge in [-0.05, 0) is 52.0 Å². The van der Waals surface area contributed by atoms with E-state index in [-0.39, 0.29) is 11.7 Å². The highest BCUT2D eigenvalue weighted by molar-refractivity contribution is 9.10. The number of benzene rings is 4. The number of imidazole rings is 1. The van der Waals surface area contributed by atoms with Crippen molar-refractivity contribution in [2.45, 2.75) is 39.8 Å². The van der Waals surface area contributed by atoms with Crippen LogP contribution in [0.1, 0.15) is 27.7 Å². The highest BCUT2D eigenvalue weighted by atomic mass is 79.9. The third kappa shape index (κ3) is 7.76. The van der Waals surface area contributed by atoms with Crippen LogP contribution in [0.3, 0.4) is 0 Å². The molecule has 5 aromatic rings. The van der Waals surface area contributed by atoms with Gasteiger partial charge in [0.25, 0.3) is 5.69 Å². The van der Waals surface area contributed by atoms with Crippen LogP contribution < -0.4 is 16.4 Å². The summed E-state index contributed by atoms with van der Waals surface area (Å²) in [5.41, 5.74) is 13.6. The molecule has 216 valence electrons. The number of nitro groups is 1. The van der Waals surface area contributed by atoms with Crippen LogP contribution in [0.5, 0.6) is 0 Å². The van der Waals surface area contributed by atoms with E-state index >= 15 is 0 Å². The maximum Gasteiger partial charge on any atom is 0.292 e. The molecular weight excluding hydrogens is 592 g/mol. The summed E-state index contributed by atoms with van der Waals surface area (Å²) >= 11 is 3.27. The van der Waals surface area contributed by atoms with Gasteiger partial charge < -0.3 is 21.4 Å². The predicted molar refractivity (Wildman–Crippen MR) is 178 cm³/mol. The first-order chi connectivity index (χ1) is 20.1. The smallest absolute Gasteiger partial charge is 0.292 e. The van der Waals surface area contributed by atoms with E-state index in [1.807, 2.05) is 62.4 Å². The molecule has 5 rings (SSSR count). The molecule has 0 unspecified atom stereocenters. The van der Waals surface area contributed by atoms with Gasteiger partial charge in [0.15, 0.2) is 0 Å². The number of anilines is 3. The summed E-state index contributed by atoms with van der Waals surface area (Å²) in [4.78, 5) is 18.8. The standard InChI is InChI=1S/C24H24N4.C9H11BrN2O2/c1-16(2)26-21-15-19(13-14-20(21)25)23-22(17-9-5-3-6-10-17)27-24(28-23)18-11-7-4-8-12-18;1-6(2)11-8-5-7(10)3-4-9(8)12(13)14/h3-16,26H,25H2,1-2H3,(H,27,28);3-6,11H,1-2H3. The van der Waals surface area contributed by atoms with Gasteiger partial charge in [-0.15, -0.1) is 0 Å². The second-order valence-corrected chi connectivity index (χ2v) is 11.3. The van der Waals surface area contributed by atoms with Crippen LogP contribution in [0, 0.1) is 10.1 Å². The van der Waals surface area contributed by atoms with Gasteiger partial charge in [-0.3, -0.25) is 10.1 Å². The molecule has 42 heavy (non-hydrogen) atoms. The monoisotopic (exact) mass is 626 g/mol. The van der Waals surface area contributed by atoms with E-state index in [4.69, 9.17) is 10.7 Å². The molecular formula is C33H35BrN6O2. The molecule has 0 aliphatic rings. The lowest BCUT2D eigenvalue weighted by molar-refractivity contribution is -0.384. The highest BCUT2D eigenvalue weighted by Crippen LogP contribution is 2.35. The summed E-state index contributed by atoms with van der Waals surface area (Å²) in [7, 11) is 0. The van der Waals surface area contributed by atoms with Crippen molar-refractivity contribution in [3.8, 4) is 33.9 Å². The Labute approximate surface area is 254 Å². The SMILES string of the molecule is CC(C)Nc1cc(-c2nc(-c3ccccc3)[nH]c2-c2ccccc2)ccc1N.CC(C)Nc1cc(Br)ccc1[N+](=O)[O-]. The van der Waals surface area contributed by atoms with Gasteiger partial charge >= 0.3 is 0 Å². The van der Waals surface area contributed by atoms with Crippen LogP contribution in [-0.2, 0) is 0 Å². The van der Waals surface area contributed by atoms with Crippen molar-refractivity contribution in [1.82, 2.24) is 9.97 Å². The molecule has 0 aliphatic heterocycles. The molecule has 0 saturated heterocycles. The first kappa shape index (κ1) is 30.3. The quantitative estimate of drug-likeness (QED) is 0.0774. The van der Waals surface area contributed by atoms with E-state index in [0.717, 1.165) is 49.8 Å². The Morgan fingerprint density at radius 1 is 0.786 bits per heavy atom. The average Bonchev–Trinajstić information content (AvgIpc) is 3.41. The molecule has 1 heterocycles. The average molecular weight is 628 g/mol. The number of nitrogens with zero attached hydrogens (tertiary/aromatic N) is 2. The van der Waals surface area contributed by atoms with Gasteiger partial charge in [-0.25, -0.2) is 4.98 Å². The zero-order valence-electron chi connectivity index (χ0n) is 24.1. The Kier molecular flexibility index (Phi) is 9.98. The van der Waals surface area contributed by atoms with Crippen LogP contribution >= 0.6 is 15.9 Å². The molecule has 4 aromatic carbocycles. The van der Waals surface area contributed by atoms with Crippen molar-refractivity contribution in [3.63, 3.8) is 0 Å². The van der Waals surface area contributed by atoms with E-state index in [2.05, 4.69) is 75.7 Å². The molecule has 0 aliphatic carbocycles. The Balaban J connectivity index is 0.000000244. The van der Waals surface area contributed by atoms with E-state index in [9.17, 15) is 10.1 Å². The van der Waals surface area contributed by atoms with Crippen LogP contribution in [0.15, 0.2) is 102 Å². The number of aromatic amines is 1. The van der Waals surface area contributed by atoms with Crippen LogP contribution in [0.2, 0.25) is 0 Å². The topological polar surface area (TPSA) is 122 Å². The van der Waals surface area contributed by atoms with Crippen LogP contribution in [0.4, 0.5) is 22.7 Å². The van der Waals surface area contributed by atoms with Crippen molar-refractivity contribution in [1.29, 1.82) is 0 Å². The predicted octanol–water partition coefficient (Wildman–Crippen LogP) is 8.99. The van der Waals surface area contributed by atoms with E-state index in [0.29, 0.717) is 11.7 Å². The molecule has 0 amide bonds. The Bertz CT molecular complexity index is 1640. The summed E-state index contributed by atoms with van der Waals surface area (Å²) in [6, 6.07) is 31.8. The molecule has 1 aromatic heterocycles. The largest absolute Gasteiger partial charge is 0.397 e. The number of hydrogen-bond acceptors (Lipinski definition) is 6. The molecule has 0 atom stereocenters. The third-order valence-corrected chi connectivity index (χ3v) is 6.68. The van der Waals surface area contributed by atoms with Crippen LogP contribution in [0.25, 0.3) is 33.9 Å². The van der Waals surface area contributed by atoms with Crippen molar-refractivity contribution < 1.29 is 4.92 Å². The van der Waals surface area contributed by atoms with Gasteiger partial charge in [-0.2, -0.15) is 0 Å². The molecule has 0 spiro atoms. The number of nitrogens with two attached hydrogens (primary N) is 1. The number of rotatable bonds is 8. The normalized spacial score (nSPS) is 10.7. The second-order valence-electron chi connectivity index (χ2n) is 10.4. The third-order valence-electron chi connectivity index (χ3n) is 6.18. The number of aromatic nitrogens is 2. The highest BCUT2D eigenvalue weighted by Gasteiger charge is 2.17. The lowest BCUT2D eigenvalue weighted by Crippen LogP contribution is -2.11. The minimum Gasteiger partial charge on any atom is -0.397 e. The Morgan fingerprint density at radius 3 is 1.98 bits per heavy atom. The van der Waals surface area contributed by atoms with Gasteiger partial charge in [0.05, 0.1) is 27.7 Å². The van der Waals surface area contributed by atoms with Crippen molar-refractivity contribution >= 4 is 38.7 Å². The first-order valence-electron chi connectivity index (χ1n) is 13.7.